The van der Waals surface area contributed by atoms with Gasteiger partial charge in [0.25, 0.3) is 6.33 Å². The first-order valence-corrected chi connectivity index (χ1v) is 33.4. The molecule has 0 unspecified atom stereocenters. The third-order valence-corrected chi connectivity index (χ3v) is 21.8. The molecule has 0 spiro atoms. The second kappa shape index (κ2) is 25.3. The molecule has 0 aliphatic rings. The second-order valence-corrected chi connectivity index (χ2v) is 31.6. The molecule has 0 N–H and O–H groups in total. The quantitative estimate of drug-likeness (QED) is 0.0529. The average Bonchev–Trinajstić information content (AvgIpc) is 0.901. The largest absolute Gasteiger partial charge is 0.510 e. The number of aromatic nitrogens is 4. The topological polar surface area (TPSA) is 35.9 Å². The smallest absolute Gasteiger partial charge is 0.268 e. The van der Waals surface area contributed by atoms with E-state index in [1.165, 1.54) is 12.3 Å². The molecule has 7 heteroatoms. The number of fused-ring (bicyclic) bond motifs is 4. The van der Waals surface area contributed by atoms with Gasteiger partial charge in [0.2, 0.25) is 0 Å². The van der Waals surface area contributed by atoms with Gasteiger partial charge in [-0.2, -0.15) is 18.2 Å². The molecule has 11 aromatic carbocycles. The Morgan fingerprint density at radius 1 is 0.469 bits per heavy atom. The number of benzene rings is 11. The molecule has 0 saturated heterocycles. The Balaban J connectivity index is 0.0000123. The molecule has 0 radical (unpaired) electrons. The molecule has 0 aliphatic carbocycles. The molecule has 3 aromatic heterocycles. The van der Waals surface area contributed by atoms with Gasteiger partial charge in [0, 0.05) is 54.0 Å². The summed E-state index contributed by atoms with van der Waals surface area (Å²) in [5.74, 6) is 0.356. The molecule has 3 heterocycles. The van der Waals surface area contributed by atoms with Crippen molar-refractivity contribution in [3.63, 3.8) is 0 Å². The third kappa shape index (κ3) is 12.1. The second-order valence-electron chi connectivity index (χ2n) is 28.1. The van der Waals surface area contributed by atoms with Crippen molar-refractivity contribution in [2.45, 2.75) is 112 Å². The number of imidazole rings is 1. The maximum Gasteiger partial charge on any atom is 0.268 e. The van der Waals surface area contributed by atoms with Crippen LogP contribution in [-0.4, -0.2) is 22.2 Å². The predicted octanol–water partition coefficient (Wildman–Crippen LogP) is 19.5. The van der Waals surface area contributed by atoms with Crippen molar-refractivity contribution in [2.24, 2.45) is 0 Å². The summed E-state index contributed by atoms with van der Waals surface area (Å²) in [7, 11) is -6.03. The van der Waals surface area contributed by atoms with Crippen LogP contribution in [0.5, 0.6) is 11.5 Å². The van der Waals surface area contributed by atoms with Crippen molar-refractivity contribution in [3.05, 3.63) is 307 Å². The van der Waals surface area contributed by atoms with E-state index in [0.717, 1.165) is 33.2 Å². The number of hydrogen-bond donors (Lipinski definition) is 0. The standard InChI is InChI=1S/C89H82N4OSi.Pt/c1-60-48-84(90-58-78(60)61-30-18-14-19-31-61)93-79-43-27-26-42-75(79)76-46-45-71(57-81(76)93)94-70-35-29-34-69(56-70)91-59-92(80-47-44-62(52-82(80)91)64-50-66(87(5,6)7)53-67(51-64)88(8,9)10)85-77(63-32-28-33-65(49-63)86(2,3)4)54-68(89(11,12)13)55-83(85)95(72-36-20-15-21-37-72,73-38-22-16-23-39-73)74-40-24-17-25-41-74;/h14-55,58H,1-13H3;/q-2;/i1D3,14D,15D,16D,17D,18D,19D,20D,21D,22D,23D,24D,25D,30D,31D,36D,37D,38D,39D,40D,41D;. The van der Waals surface area contributed by atoms with E-state index < -0.39 is 162 Å². The summed E-state index contributed by atoms with van der Waals surface area (Å²) in [5, 5.41) is -0.769. The summed E-state index contributed by atoms with van der Waals surface area (Å²) in [6, 6.07) is 30.9. The van der Waals surface area contributed by atoms with Gasteiger partial charge >= 0.3 is 0 Å². The molecule has 0 aliphatic heterocycles. The zero-order valence-corrected chi connectivity index (χ0v) is 58.6. The minimum atomic E-state index is -6.03. The monoisotopic (exact) mass is 1470 g/mol. The van der Waals surface area contributed by atoms with Crippen LogP contribution in [-0.2, 0) is 42.7 Å². The number of ether oxygens (including phenoxy) is 1. The first kappa shape index (κ1) is 42.9. The van der Waals surface area contributed by atoms with Crippen LogP contribution in [0.4, 0.5) is 0 Å². The molecule has 0 amide bonds. The summed E-state index contributed by atoms with van der Waals surface area (Å²) in [4.78, 5) is 4.76. The fourth-order valence-corrected chi connectivity index (χ4v) is 16.5. The van der Waals surface area contributed by atoms with Crippen LogP contribution in [0.2, 0.25) is 0 Å². The Morgan fingerprint density at radius 2 is 1.04 bits per heavy atom. The molecular formula is C89H82N4OPtSi-2. The fraction of sp³-hybridized carbons (Fsp3) is 0.191. The summed E-state index contributed by atoms with van der Waals surface area (Å²) in [6.45, 7) is 21.7. The zero-order chi connectivity index (χ0) is 86.1. The van der Waals surface area contributed by atoms with E-state index in [-0.39, 0.29) is 82.5 Å². The molecule has 5 nitrogen and oxygen atoms in total. The van der Waals surface area contributed by atoms with Crippen molar-refractivity contribution in [2.75, 3.05) is 0 Å². The van der Waals surface area contributed by atoms with E-state index in [9.17, 15) is 16.4 Å². The molecule has 0 fully saturated rings. The molecule has 14 rings (SSSR count). The molecular weight excluding hydrogens is 1360 g/mol. The SMILES string of the molecule is [2H]c1c([2H])c([2H])c(-c2cnc(-n3c4[c-]c(Oc5[c-]c(-n6[c-][n+](-c7c(-c8cccc(C(C)(C)C)c8)cc(C(C)(C)C)cc7[Si](c7c([2H])c([2H])c([2H])c([2H])c7[2H])(c7c([2H])c([2H])c([2H])c([2H])c7[2H])c7c([2H])c([2H])c([2H])c([2H])c7[2H])c7ccc(-c8cc(C(C)(C)C)cc(C(C)(C)C)c8)cc76)ccc5)ccc4c4ccccc43)cc2C([2H])([2H])[2H])c([2H])c1[2H].[Pt]. The first-order chi connectivity index (χ1) is 55.0. The minimum Gasteiger partial charge on any atom is -0.510 e. The van der Waals surface area contributed by atoms with Crippen molar-refractivity contribution in [1.82, 2.24) is 14.1 Å². The van der Waals surface area contributed by atoms with Crippen molar-refractivity contribution in [1.29, 1.82) is 0 Å². The van der Waals surface area contributed by atoms with Crippen LogP contribution in [0, 0.1) is 25.3 Å². The Labute approximate surface area is 615 Å². The first-order valence-electron chi connectivity index (χ1n) is 42.9. The van der Waals surface area contributed by atoms with Gasteiger partial charge < -0.3 is 13.9 Å². The summed E-state index contributed by atoms with van der Waals surface area (Å²) in [6.07, 6.45) is 4.90. The van der Waals surface area contributed by atoms with E-state index in [2.05, 4.69) is 78.2 Å². The normalized spacial score (nSPS) is 15.9. The van der Waals surface area contributed by atoms with Gasteiger partial charge in [0.05, 0.1) is 44.1 Å². The molecule has 14 aromatic rings. The maximum absolute atomic E-state index is 10.3. The van der Waals surface area contributed by atoms with Crippen LogP contribution in [0.3, 0.4) is 0 Å². The van der Waals surface area contributed by atoms with Gasteiger partial charge in [-0.05, 0) is 134 Å². The van der Waals surface area contributed by atoms with Crippen LogP contribution < -0.4 is 30.1 Å². The van der Waals surface area contributed by atoms with Crippen LogP contribution in [0.15, 0.2) is 261 Å². The van der Waals surface area contributed by atoms with E-state index in [0.29, 0.717) is 44.1 Å². The number of hydrogen-bond acceptors (Lipinski definition) is 2. The van der Waals surface area contributed by atoms with Crippen LogP contribution in [0.25, 0.3) is 83.4 Å². The van der Waals surface area contributed by atoms with Crippen molar-refractivity contribution in [3.8, 4) is 62.1 Å². The summed E-state index contributed by atoms with van der Waals surface area (Å²) < 4.78 is 228. The maximum atomic E-state index is 10.3. The van der Waals surface area contributed by atoms with E-state index in [1.54, 1.807) is 50.1 Å². The Kier molecular flexibility index (Phi) is 11.3. The molecule has 0 saturated carbocycles. The molecule has 96 heavy (non-hydrogen) atoms. The minimum absolute atomic E-state index is 0. The van der Waals surface area contributed by atoms with Crippen LogP contribution in [0.1, 0.15) is 142 Å². The van der Waals surface area contributed by atoms with Gasteiger partial charge in [0.15, 0.2) is 8.07 Å². The summed E-state index contributed by atoms with van der Waals surface area (Å²) in [5.41, 5.74) is 4.86. The van der Waals surface area contributed by atoms with Gasteiger partial charge in [-0.25, -0.2) is 4.98 Å². The average molecular weight is 1470 g/mol. The Bertz CT molecular complexity index is 6290. The Morgan fingerprint density at radius 3 is 1.66 bits per heavy atom. The third-order valence-electron chi connectivity index (χ3n) is 17.6. The molecule has 0 atom stereocenters. The number of aryl methyl sites for hydroxylation is 1. The number of rotatable bonds is 12. The Hall–Kier alpha value is -9.45. The zero-order valence-electron chi connectivity index (χ0n) is 78.3. The molecule has 0 bridgehead atoms. The van der Waals surface area contributed by atoms with Gasteiger partial charge in [0.1, 0.15) is 5.82 Å². The van der Waals surface area contributed by atoms with Gasteiger partial charge in [-0.15, -0.1) is 29.7 Å². The fourth-order valence-electron chi connectivity index (χ4n) is 12.4. The van der Waals surface area contributed by atoms with E-state index in [1.807, 2.05) is 114 Å². The van der Waals surface area contributed by atoms with Gasteiger partial charge in [-0.3, -0.25) is 4.57 Å². The number of nitrogens with zero attached hydrogens (tertiary/aromatic N) is 4. The van der Waals surface area contributed by atoms with Crippen molar-refractivity contribution >= 4 is 61.7 Å². The number of para-hydroxylation sites is 1. The summed E-state index contributed by atoms with van der Waals surface area (Å²) >= 11 is 0. The van der Waals surface area contributed by atoms with E-state index in [4.69, 9.17) is 24.8 Å². The molecule has 480 valence electrons. The van der Waals surface area contributed by atoms with E-state index >= 15 is 0 Å². The number of pyridine rings is 1. The van der Waals surface area contributed by atoms with Crippen molar-refractivity contribution < 1.29 is 61.9 Å². The predicted molar refractivity (Wildman–Crippen MR) is 399 cm³/mol. The van der Waals surface area contributed by atoms with Gasteiger partial charge in [-0.1, -0.05) is 294 Å². The van der Waals surface area contributed by atoms with Crippen LogP contribution >= 0.6 is 0 Å².